The average molecular weight is 403 g/mol. The van der Waals surface area contributed by atoms with Gasteiger partial charge in [0.15, 0.2) is 0 Å². The van der Waals surface area contributed by atoms with Gasteiger partial charge in [-0.25, -0.2) is 0 Å². The summed E-state index contributed by atoms with van der Waals surface area (Å²) in [7, 11) is 0. The van der Waals surface area contributed by atoms with Crippen LogP contribution >= 0.6 is 11.8 Å². The molecule has 0 aliphatic carbocycles. The number of rotatable bonds is 9. The standard InChI is InChI=1S/C21H26N2O4S/c1-17-7-8-19(13-22-17)27-15-20-14-23(9-10-25-20)21(24)16-28-12-11-26-18-5-3-2-4-6-18/h2-8,13,20H,9-12,14-16H2,1H3. The molecule has 7 heteroatoms. The van der Waals surface area contributed by atoms with E-state index in [2.05, 4.69) is 4.98 Å². The first-order chi connectivity index (χ1) is 13.7. The van der Waals surface area contributed by atoms with Gasteiger partial charge in [0.25, 0.3) is 0 Å². The molecule has 3 rings (SSSR count). The number of para-hydroxylation sites is 1. The number of ether oxygens (including phenoxy) is 3. The van der Waals surface area contributed by atoms with Gasteiger partial charge in [0.1, 0.15) is 24.2 Å². The van der Waals surface area contributed by atoms with Crippen LogP contribution in [0.15, 0.2) is 48.7 Å². The number of aryl methyl sites for hydroxylation is 1. The van der Waals surface area contributed by atoms with Crippen LogP contribution in [-0.2, 0) is 9.53 Å². The zero-order valence-corrected chi connectivity index (χ0v) is 16.9. The molecule has 0 N–H and O–H groups in total. The topological polar surface area (TPSA) is 60.9 Å². The Morgan fingerprint density at radius 2 is 2.07 bits per heavy atom. The Kier molecular flexibility index (Phi) is 7.99. The summed E-state index contributed by atoms with van der Waals surface area (Å²) in [6.45, 7) is 4.65. The Balaban J connectivity index is 1.32. The van der Waals surface area contributed by atoms with Crippen molar-refractivity contribution in [3.05, 3.63) is 54.4 Å². The van der Waals surface area contributed by atoms with E-state index in [0.717, 1.165) is 17.2 Å². The van der Waals surface area contributed by atoms with Gasteiger partial charge in [0.05, 0.1) is 31.7 Å². The van der Waals surface area contributed by atoms with E-state index < -0.39 is 0 Å². The summed E-state index contributed by atoms with van der Waals surface area (Å²) in [5.74, 6) is 2.93. The van der Waals surface area contributed by atoms with Crippen LogP contribution in [0.1, 0.15) is 5.69 Å². The van der Waals surface area contributed by atoms with Gasteiger partial charge in [-0.3, -0.25) is 9.78 Å². The molecule has 1 aliphatic rings. The molecular formula is C21H26N2O4S. The van der Waals surface area contributed by atoms with E-state index in [1.807, 2.05) is 54.3 Å². The fraction of sp³-hybridized carbons (Fsp3) is 0.429. The Bertz CT molecular complexity index is 727. The summed E-state index contributed by atoms with van der Waals surface area (Å²) in [5.41, 5.74) is 0.949. The molecule has 28 heavy (non-hydrogen) atoms. The lowest BCUT2D eigenvalue weighted by atomic mass is 10.3. The van der Waals surface area contributed by atoms with Crippen molar-refractivity contribution in [2.45, 2.75) is 13.0 Å². The average Bonchev–Trinajstić information content (AvgIpc) is 2.74. The van der Waals surface area contributed by atoms with E-state index in [-0.39, 0.29) is 12.0 Å². The molecule has 6 nitrogen and oxygen atoms in total. The Morgan fingerprint density at radius 1 is 1.21 bits per heavy atom. The SMILES string of the molecule is Cc1ccc(OCC2CN(C(=O)CSCCOc3ccccc3)CCO2)cn1. The minimum atomic E-state index is -0.120. The van der Waals surface area contributed by atoms with Gasteiger partial charge in [0.2, 0.25) is 5.91 Å². The van der Waals surface area contributed by atoms with Crippen molar-refractivity contribution >= 4 is 17.7 Å². The molecule has 1 atom stereocenters. The van der Waals surface area contributed by atoms with E-state index >= 15 is 0 Å². The van der Waals surface area contributed by atoms with Crippen molar-refractivity contribution in [1.82, 2.24) is 9.88 Å². The lowest BCUT2D eigenvalue weighted by molar-refractivity contribution is -0.137. The van der Waals surface area contributed by atoms with Gasteiger partial charge in [-0.2, -0.15) is 0 Å². The number of carbonyl (C=O) groups is 1. The predicted octanol–water partition coefficient (Wildman–Crippen LogP) is 2.81. The highest BCUT2D eigenvalue weighted by molar-refractivity contribution is 7.99. The number of aromatic nitrogens is 1. The van der Waals surface area contributed by atoms with Crippen LogP contribution in [0.2, 0.25) is 0 Å². The van der Waals surface area contributed by atoms with Crippen molar-refractivity contribution < 1.29 is 19.0 Å². The molecule has 2 heterocycles. The number of hydrogen-bond acceptors (Lipinski definition) is 6. The number of thioether (sulfide) groups is 1. The molecule has 150 valence electrons. The first kappa shape index (κ1) is 20.5. The van der Waals surface area contributed by atoms with E-state index in [0.29, 0.717) is 44.4 Å². The third kappa shape index (κ3) is 6.73. The number of benzene rings is 1. The zero-order chi connectivity index (χ0) is 19.6. The monoisotopic (exact) mass is 402 g/mol. The maximum atomic E-state index is 12.4. The van der Waals surface area contributed by atoms with Crippen molar-refractivity contribution in [2.24, 2.45) is 0 Å². The highest BCUT2D eigenvalue weighted by Gasteiger charge is 2.24. The Labute approximate surface area is 170 Å². The van der Waals surface area contributed by atoms with Crippen LogP contribution in [0.3, 0.4) is 0 Å². The maximum absolute atomic E-state index is 12.4. The first-order valence-electron chi connectivity index (χ1n) is 9.41. The molecule has 1 aromatic carbocycles. The second-order valence-electron chi connectivity index (χ2n) is 6.49. The molecule has 0 spiro atoms. The lowest BCUT2D eigenvalue weighted by Gasteiger charge is -2.32. The van der Waals surface area contributed by atoms with Crippen molar-refractivity contribution in [1.29, 1.82) is 0 Å². The molecule has 2 aromatic rings. The van der Waals surface area contributed by atoms with Gasteiger partial charge in [-0.1, -0.05) is 18.2 Å². The summed E-state index contributed by atoms with van der Waals surface area (Å²) in [4.78, 5) is 18.5. The molecule has 1 saturated heterocycles. The lowest BCUT2D eigenvalue weighted by Crippen LogP contribution is -2.48. The van der Waals surface area contributed by atoms with Crippen molar-refractivity contribution in [3.63, 3.8) is 0 Å². The fourth-order valence-corrected chi connectivity index (χ4v) is 3.46. The van der Waals surface area contributed by atoms with Gasteiger partial charge >= 0.3 is 0 Å². The summed E-state index contributed by atoms with van der Waals surface area (Å²) in [6.07, 6.45) is 1.58. The molecular weight excluding hydrogens is 376 g/mol. The maximum Gasteiger partial charge on any atom is 0.232 e. The van der Waals surface area contributed by atoms with E-state index in [1.54, 1.807) is 18.0 Å². The van der Waals surface area contributed by atoms with Gasteiger partial charge in [-0.15, -0.1) is 11.8 Å². The highest BCUT2D eigenvalue weighted by Crippen LogP contribution is 2.14. The molecule has 1 amide bonds. The van der Waals surface area contributed by atoms with Crippen LogP contribution < -0.4 is 9.47 Å². The fourth-order valence-electron chi connectivity index (χ4n) is 2.76. The Hall–Kier alpha value is -2.25. The minimum Gasteiger partial charge on any atom is -0.493 e. The summed E-state index contributed by atoms with van der Waals surface area (Å²) < 4.78 is 17.1. The highest BCUT2D eigenvalue weighted by atomic mass is 32.2. The van der Waals surface area contributed by atoms with Crippen LogP contribution in [0.25, 0.3) is 0 Å². The normalized spacial score (nSPS) is 16.6. The second-order valence-corrected chi connectivity index (χ2v) is 7.60. The molecule has 1 aliphatic heterocycles. The molecule has 0 radical (unpaired) electrons. The number of amides is 1. The third-order valence-corrected chi connectivity index (χ3v) is 5.18. The van der Waals surface area contributed by atoms with E-state index in [9.17, 15) is 4.79 Å². The predicted molar refractivity (Wildman–Crippen MR) is 110 cm³/mol. The molecule has 1 unspecified atom stereocenters. The number of nitrogens with zero attached hydrogens (tertiary/aromatic N) is 2. The second kappa shape index (κ2) is 10.9. The van der Waals surface area contributed by atoms with Crippen LogP contribution in [0, 0.1) is 6.92 Å². The summed E-state index contributed by atoms with van der Waals surface area (Å²) in [6, 6.07) is 13.5. The van der Waals surface area contributed by atoms with Crippen LogP contribution in [0.5, 0.6) is 11.5 Å². The number of pyridine rings is 1. The number of carbonyl (C=O) groups excluding carboxylic acids is 1. The van der Waals surface area contributed by atoms with E-state index in [4.69, 9.17) is 14.2 Å². The van der Waals surface area contributed by atoms with Crippen molar-refractivity contribution in [3.8, 4) is 11.5 Å². The molecule has 0 bridgehead atoms. The first-order valence-corrected chi connectivity index (χ1v) is 10.6. The van der Waals surface area contributed by atoms with E-state index in [1.165, 1.54) is 0 Å². The molecule has 1 aromatic heterocycles. The minimum absolute atomic E-state index is 0.120. The van der Waals surface area contributed by atoms with Gasteiger partial charge in [-0.05, 0) is 31.2 Å². The zero-order valence-electron chi connectivity index (χ0n) is 16.1. The van der Waals surface area contributed by atoms with Crippen LogP contribution in [-0.4, -0.2) is 66.3 Å². The quantitative estimate of drug-likeness (QED) is 0.601. The van der Waals surface area contributed by atoms with Gasteiger partial charge in [0, 0.05) is 18.0 Å². The smallest absolute Gasteiger partial charge is 0.232 e. The molecule has 0 saturated carbocycles. The number of morpholine rings is 1. The number of hydrogen-bond donors (Lipinski definition) is 0. The van der Waals surface area contributed by atoms with Crippen LogP contribution in [0.4, 0.5) is 0 Å². The largest absolute Gasteiger partial charge is 0.493 e. The van der Waals surface area contributed by atoms with Crippen molar-refractivity contribution in [2.75, 3.05) is 44.4 Å². The summed E-state index contributed by atoms with van der Waals surface area (Å²) >= 11 is 1.59. The summed E-state index contributed by atoms with van der Waals surface area (Å²) in [5, 5.41) is 0. The molecule has 1 fully saturated rings. The van der Waals surface area contributed by atoms with Gasteiger partial charge < -0.3 is 19.1 Å². The Morgan fingerprint density at radius 3 is 2.86 bits per heavy atom. The third-order valence-electron chi connectivity index (χ3n) is 4.28.